The van der Waals surface area contributed by atoms with E-state index < -0.39 is 5.91 Å². The van der Waals surface area contributed by atoms with Gasteiger partial charge in [0.2, 0.25) is 11.8 Å². The highest BCUT2D eigenvalue weighted by atomic mass is 16.5. The number of rotatable bonds is 10. The van der Waals surface area contributed by atoms with Crippen molar-refractivity contribution in [3.05, 3.63) is 29.8 Å². The van der Waals surface area contributed by atoms with Gasteiger partial charge in [-0.3, -0.25) is 20.2 Å². The van der Waals surface area contributed by atoms with Crippen LogP contribution in [0, 0.1) is 0 Å². The first-order valence-corrected chi connectivity index (χ1v) is 7.29. The van der Waals surface area contributed by atoms with Gasteiger partial charge in [-0.05, 0) is 42.7 Å². The highest BCUT2D eigenvalue weighted by Crippen LogP contribution is 2.09. The van der Waals surface area contributed by atoms with Gasteiger partial charge in [-0.1, -0.05) is 6.42 Å². The van der Waals surface area contributed by atoms with Crippen LogP contribution >= 0.6 is 0 Å². The van der Waals surface area contributed by atoms with Crippen molar-refractivity contribution in [1.29, 1.82) is 0 Å². The van der Waals surface area contributed by atoms with Crippen molar-refractivity contribution in [1.82, 2.24) is 16.4 Å². The number of carbonyl (C=O) groups is 2. The molecule has 0 unspecified atom stereocenters. The van der Waals surface area contributed by atoms with Gasteiger partial charge in [0.15, 0.2) is 0 Å². The van der Waals surface area contributed by atoms with Crippen LogP contribution in [0.4, 0.5) is 0 Å². The monoisotopic (exact) mass is 322 g/mol. The first-order chi connectivity index (χ1) is 11.2. The number of hydroxylamine groups is 1. The Balaban J connectivity index is 2.11. The van der Waals surface area contributed by atoms with Gasteiger partial charge in [0.05, 0.1) is 13.3 Å². The fraction of sp³-hybridized carbons (Fsp3) is 0.400. The summed E-state index contributed by atoms with van der Waals surface area (Å²) in [5, 5.41) is 12.2. The van der Waals surface area contributed by atoms with Crippen LogP contribution in [0.15, 0.2) is 29.4 Å². The van der Waals surface area contributed by atoms with Crippen LogP contribution in [0.2, 0.25) is 0 Å². The number of benzene rings is 1. The van der Waals surface area contributed by atoms with Gasteiger partial charge in [-0.2, -0.15) is 5.10 Å². The maximum atomic E-state index is 11.5. The van der Waals surface area contributed by atoms with Crippen molar-refractivity contribution in [3.8, 4) is 5.75 Å². The molecule has 8 nitrogen and oxygen atoms in total. The van der Waals surface area contributed by atoms with Gasteiger partial charge in [0.25, 0.3) is 0 Å². The number of hydrazine groups is 1. The van der Waals surface area contributed by atoms with Gasteiger partial charge < -0.3 is 4.74 Å². The summed E-state index contributed by atoms with van der Waals surface area (Å²) >= 11 is 0. The molecule has 1 aromatic carbocycles. The number of ether oxygens (including phenoxy) is 1. The summed E-state index contributed by atoms with van der Waals surface area (Å²) in [6.45, 7) is 0. The van der Waals surface area contributed by atoms with Crippen molar-refractivity contribution in [2.45, 2.75) is 32.1 Å². The van der Waals surface area contributed by atoms with Crippen molar-refractivity contribution in [2.24, 2.45) is 5.10 Å². The van der Waals surface area contributed by atoms with E-state index in [2.05, 4.69) is 16.1 Å². The number of carbonyl (C=O) groups excluding carboxylic acids is 2. The third-order valence-corrected chi connectivity index (χ3v) is 3.02. The fourth-order valence-corrected chi connectivity index (χ4v) is 1.76. The summed E-state index contributed by atoms with van der Waals surface area (Å²) in [6, 6.07) is 7.32. The molecule has 0 radical (unpaired) electrons. The maximum absolute atomic E-state index is 11.5. The minimum absolute atomic E-state index is 0.177. The molecule has 0 bridgehead atoms. The quantitative estimate of drug-likeness (QED) is 0.223. The molecule has 0 heterocycles. The normalized spacial score (nSPS) is 10.3. The van der Waals surface area contributed by atoms with E-state index in [0.717, 1.165) is 17.7 Å². The lowest BCUT2D eigenvalue weighted by Gasteiger charge is -2.04. The molecule has 23 heavy (non-hydrogen) atoms. The van der Waals surface area contributed by atoms with Gasteiger partial charge in [0, 0.05) is 12.8 Å². The zero-order valence-electron chi connectivity index (χ0n) is 13.0. The number of amides is 2. The largest absolute Gasteiger partial charge is 0.497 e. The van der Waals surface area contributed by atoms with E-state index >= 15 is 0 Å². The molecule has 0 atom stereocenters. The number of methoxy groups -OCH3 is 1. The molecular weight excluding hydrogens is 300 g/mol. The van der Waals surface area contributed by atoms with Gasteiger partial charge in [0.1, 0.15) is 5.75 Å². The predicted octanol–water partition coefficient (Wildman–Crippen LogP) is 1.11. The molecular formula is C15H22N4O4. The second-order valence-corrected chi connectivity index (χ2v) is 4.79. The van der Waals surface area contributed by atoms with Crippen LogP contribution < -0.4 is 21.2 Å². The van der Waals surface area contributed by atoms with Gasteiger partial charge in [-0.15, -0.1) is 0 Å². The molecule has 0 saturated heterocycles. The Kier molecular flexibility index (Phi) is 8.84. The summed E-state index contributed by atoms with van der Waals surface area (Å²) in [5.74, 6) is 0.173. The minimum Gasteiger partial charge on any atom is -0.497 e. The summed E-state index contributed by atoms with van der Waals surface area (Å²) < 4.78 is 5.05. The third kappa shape index (κ3) is 8.42. The summed E-state index contributed by atoms with van der Waals surface area (Å²) in [5.41, 5.74) is 7.37. The molecule has 0 aromatic heterocycles. The molecule has 0 saturated carbocycles. The van der Waals surface area contributed by atoms with E-state index in [-0.39, 0.29) is 12.3 Å². The zero-order chi connectivity index (χ0) is 16.9. The van der Waals surface area contributed by atoms with Crippen molar-refractivity contribution < 1.29 is 19.5 Å². The number of hydrogen-bond donors (Lipinski definition) is 4. The lowest BCUT2D eigenvalue weighted by atomic mass is 10.1. The van der Waals surface area contributed by atoms with Crippen molar-refractivity contribution in [3.63, 3.8) is 0 Å². The summed E-state index contributed by atoms with van der Waals surface area (Å²) in [4.78, 5) is 22.3. The van der Waals surface area contributed by atoms with Crippen LogP contribution in [-0.2, 0) is 9.59 Å². The number of nitrogens with zero attached hydrogens (tertiary/aromatic N) is 1. The minimum atomic E-state index is -0.413. The Hall–Kier alpha value is -2.61. The Morgan fingerprint density at radius 2 is 1.78 bits per heavy atom. The van der Waals surface area contributed by atoms with Crippen LogP contribution in [0.5, 0.6) is 5.75 Å². The smallest absolute Gasteiger partial charge is 0.243 e. The molecule has 1 aromatic rings. The standard InChI is InChI=1S/C15H22N4O4/c1-23-13-9-7-12(8-10-13)11-16-19-17-14(20)5-3-2-4-6-15(21)18-22/h7-11,19,22H,2-6H2,1H3,(H,17,20)(H,18,21)/b16-11+. The second-order valence-electron chi connectivity index (χ2n) is 4.79. The van der Waals surface area contributed by atoms with Gasteiger partial charge in [-0.25, -0.2) is 11.0 Å². The van der Waals surface area contributed by atoms with Crippen LogP contribution in [0.3, 0.4) is 0 Å². The maximum Gasteiger partial charge on any atom is 0.243 e. The average Bonchev–Trinajstić information content (AvgIpc) is 2.58. The number of unbranched alkanes of at least 4 members (excludes halogenated alkanes) is 2. The van der Waals surface area contributed by atoms with E-state index in [1.54, 1.807) is 18.8 Å². The molecule has 0 aliphatic heterocycles. The Morgan fingerprint density at radius 3 is 2.39 bits per heavy atom. The predicted molar refractivity (Wildman–Crippen MR) is 84.9 cm³/mol. The molecule has 126 valence electrons. The molecule has 0 fully saturated rings. The molecule has 0 aliphatic carbocycles. The lowest BCUT2D eigenvalue weighted by molar-refractivity contribution is -0.129. The molecule has 4 N–H and O–H groups in total. The average molecular weight is 322 g/mol. The number of hydrazone groups is 1. The van der Waals surface area contributed by atoms with E-state index in [1.165, 1.54) is 0 Å². The lowest BCUT2D eigenvalue weighted by Crippen LogP contribution is -2.33. The zero-order valence-corrected chi connectivity index (χ0v) is 13.0. The second kappa shape index (κ2) is 11.0. The van der Waals surface area contributed by atoms with Crippen LogP contribution in [0.1, 0.15) is 37.7 Å². The molecule has 0 spiro atoms. The number of nitrogens with one attached hydrogen (secondary N) is 3. The molecule has 2 amide bonds. The van der Waals surface area contributed by atoms with Crippen LogP contribution in [0.25, 0.3) is 0 Å². The Labute approximate surface area is 134 Å². The molecule has 0 aliphatic rings. The van der Waals surface area contributed by atoms with Crippen molar-refractivity contribution >= 4 is 18.0 Å². The van der Waals surface area contributed by atoms with Crippen molar-refractivity contribution in [2.75, 3.05) is 7.11 Å². The first-order valence-electron chi connectivity index (χ1n) is 7.29. The summed E-state index contributed by atoms with van der Waals surface area (Å²) in [6.07, 6.45) is 4.19. The fourth-order valence-electron chi connectivity index (χ4n) is 1.76. The molecule has 1 rings (SSSR count). The SMILES string of the molecule is COc1ccc(/C=N/NNC(=O)CCCCCC(=O)NO)cc1. The van der Waals surface area contributed by atoms with E-state index in [0.29, 0.717) is 19.3 Å². The third-order valence-electron chi connectivity index (χ3n) is 3.02. The Morgan fingerprint density at radius 1 is 1.13 bits per heavy atom. The number of hydrogen-bond acceptors (Lipinski definition) is 6. The molecule has 8 heteroatoms. The highest BCUT2D eigenvalue weighted by Gasteiger charge is 2.01. The van der Waals surface area contributed by atoms with E-state index in [4.69, 9.17) is 9.94 Å². The van der Waals surface area contributed by atoms with E-state index in [9.17, 15) is 9.59 Å². The van der Waals surface area contributed by atoms with E-state index in [1.807, 2.05) is 24.3 Å². The van der Waals surface area contributed by atoms with Crippen LogP contribution in [-0.4, -0.2) is 30.3 Å². The Bertz CT molecular complexity index is 517. The summed E-state index contributed by atoms with van der Waals surface area (Å²) in [7, 11) is 1.60. The topological polar surface area (TPSA) is 112 Å². The highest BCUT2D eigenvalue weighted by molar-refractivity contribution is 5.80. The first kappa shape index (κ1) is 18.4. The van der Waals surface area contributed by atoms with Gasteiger partial charge >= 0.3 is 0 Å².